The summed E-state index contributed by atoms with van der Waals surface area (Å²) in [5, 5.41) is 0.638. The molecule has 1 amide bonds. The molecule has 25 heavy (non-hydrogen) atoms. The Morgan fingerprint density at radius 1 is 1.32 bits per heavy atom. The molecule has 2 heterocycles. The van der Waals surface area contributed by atoms with Crippen LogP contribution in [-0.2, 0) is 16.1 Å². The first-order valence-electron chi connectivity index (χ1n) is 8.54. The van der Waals surface area contributed by atoms with Crippen LogP contribution in [0.25, 0.3) is 10.9 Å². The highest BCUT2D eigenvalue weighted by atomic mass is 16.5. The van der Waals surface area contributed by atoms with Crippen LogP contribution >= 0.6 is 0 Å². The van der Waals surface area contributed by atoms with Gasteiger partial charge in [0, 0.05) is 50.9 Å². The van der Waals surface area contributed by atoms with Gasteiger partial charge in [-0.05, 0) is 25.6 Å². The van der Waals surface area contributed by atoms with Crippen molar-refractivity contribution in [3.05, 3.63) is 46.8 Å². The second kappa shape index (κ2) is 7.37. The first-order valence-corrected chi connectivity index (χ1v) is 8.54. The van der Waals surface area contributed by atoms with Crippen molar-refractivity contribution in [1.29, 1.82) is 0 Å². The van der Waals surface area contributed by atoms with Crippen molar-refractivity contribution in [2.45, 2.75) is 25.1 Å². The Labute approximate surface area is 147 Å². The summed E-state index contributed by atoms with van der Waals surface area (Å²) in [6.45, 7) is 1.79. The monoisotopic (exact) mass is 343 g/mol. The zero-order chi connectivity index (χ0) is 18.0. The molecule has 1 aliphatic heterocycles. The minimum absolute atomic E-state index is 0.0224. The van der Waals surface area contributed by atoms with Gasteiger partial charge in [-0.3, -0.25) is 14.5 Å². The van der Waals surface area contributed by atoms with E-state index >= 15 is 0 Å². The zero-order valence-electron chi connectivity index (χ0n) is 15.0. The summed E-state index contributed by atoms with van der Waals surface area (Å²) in [5.74, 6) is 0.0306. The number of amides is 1. The lowest BCUT2D eigenvalue weighted by Crippen LogP contribution is -2.40. The fraction of sp³-hybridized carbons (Fsp3) is 0.474. The van der Waals surface area contributed by atoms with E-state index in [0.717, 1.165) is 18.5 Å². The van der Waals surface area contributed by atoms with Gasteiger partial charge in [0.25, 0.3) is 0 Å². The van der Waals surface area contributed by atoms with Crippen LogP contribution in [0.3, 0.4) is 0 Å². The average molecular weight is 343 g/mol. The Balaban J connectivity index is 1.70. The average Bonchev–Trinajstić information content (AvgIpc) is 2.97. The van der Waals surface area contributed by atoms with Crippen molar-refractivity contribution in [1.82, 2.24) is 14.4 Å². The summed E-state index contributed by atoms with van der Waals surface area (Å²) in [4.78, 5) is 28.6. The maximum atomic E-state index is 12.7. The molecule has 1 fully saturated rings. The fourth-order valence-electron chi connectivity index (χ4n) is 3.50. The van der Waals surface area contributed by atoms with Crippen LogP contribution in [0.5, 0.6) is 0 Å². The number of nitrogens with zero attached hydrogens (tertiary/aromatic N) is 3. The number of hydrogen-bond acceptors (Lipinski definition) is 4. The van der Waals surface area contributed by atoms with Crippen LogP contribution in [0.1, 0.15) is 6.42 Å². The molecule has 1 aromatic carbocycles. The maximum Gasteiger partial charge on any atom is 0.242 e. The minimum Gasteiger partial charge on any atom is -0.380 e. The quantitative estimate of drug-likeness (QED) is 0.818. The van der Waals surface area contributed by atoms with Crippen molar-refractivity contribution in [3.8, 4) is 0 Å². The molecular formula is C19H25N3O3. The summed E-state index contributed by atoms with van der Waals surface area (Å²) >= 11 is 0. The Kier molecular flexibility index (Phi) is 5.20. The lowest BCUT2D eigenvalue weighted by atomic mass is 10.2. The van der Waals surface area contributed by atoms with Crippen LogP contribution in [0, 0.1) is 0 Å². The third-order valence-corrected chi connectivity index (χ3v) is 5.08. The van der Waals surface area contributed by atoms with Gasteiger partial charge in [-0.1, -0.05) is 12.1 Å². The molecule has 0 aliphatic carbocycles. The number of hydrogen-bond donors (Lipinski definition) is 0. The molecule has 0 spiro atoms. The molecule has 0 bridgehead atoms. The number of rotatable bonds is 5. The molecule has 0 saturated carbocycles. The van der Waals surface area contributed by atoms with E-state index in [1.165, 1.54) is 6.07 Å². The van der Waals surface area contributed by atoms with E-state index < -0.39 is 0 Å². The van der Waals surface area contributed by atoms with Gasteiger partial charge in [0.2, 0.25) is 5.91 Å². The van der Waals surface area contributed by atoms with Crippen LogP contribution in [0.15, 0.2) is 41.3 Å². The smallest absolute Gasteiger partial charge is 0.242 e. The first kappa shape index (κ1) is 17.6. The molecule has 0 N–H and O–H groups in total. The highest BCUT2D eigenvalue weighted by Crippen LogP contribution is 2.19. The summed E-state index contributed by atoms with van der Waals surface area (Å²) in [7, 11) is 5.63. The van der Waals surface area contributed by atoms with Gasteiger partial charge in [-0.25, -0.2) is 0 Å². The van der Waals surface area contributed by atoms with E-state index in [0.29, 0.717) is 18.0 Å². The van der Waals surface area contributed by atoms with Crippen molar-refractivity contribution in [2.75, 3.05) is 34.3 Å². The molecule has 1 aromatic heterocycles. The van der Waals surface area contributed by atoms with Crippen LogP contribution < -0.4 is 5.43 Å². The van der Waals surface area contributed by atoms with Crippen molar-refractivity contribution < 1.29 is 9.53 Å². The number of para-hydroxylation sites is 1. The number of fused-ring (bicyclic) bond motifs is 1. The first-order chi connectivity index (χ1) is 12.0. The standard InChI is InChI=1S/C19H25N3O3/c1-20-12-15(25-3)10-14(20)11-21(2)19(24)13-22-9-8-18(23)16-6-4-5-7-17(16)22/h4-9,14-15H,10-13H2,1-3H3/t14-,15-/m0/s1. The molecular weight excluding hydrogens is 318 g/mol. The van der Waals surface area contributed by atoms with Gasteiger partial charge in [-0.2, -0.15) is 0 Å². The largest absolute Gasteiger partial charge is 0.380 e. The number of methoxy groups -OCH3 is 1. The molecule has 2 aromatic rings. The second-order valence-corrected chi connectivity index (χ2v) is 6.79. The van der Waals surface area contributed by atoms with E-state index in [-0.39, 0.29) is 24.0 Å². The molecule has 0 unspecified atom stereocenters. The SMILES string of the molecule is CO[C@H]1C[C@@H](CN(C)C(=O)Cn2ccc(=O)c3ccccc32)N(C)C1. The Morgan fingerprint density at radius 2 is 2.08 bits per heavy atom. The number of carbonyl (C=O) groups is 1. The number of ether oxygens (including phenoxy) is 1. The predicted molar refractivity (Wildman–Crippen MR) is 97.7 cm³/mol. The van der Waals surface area contributed by atoms with E-state index in [2.05, 4.69) is 11.9 Å². The molecule has 2 atom stereocenters. The fourth-order valence-corrected chi connectivity index (χ4v) is 3.50. The van der Waals surface area contributed by atoms with E-state index in [1.807, 2.05) is 29.8 Å². The summed E-state index contributed by atoms with van der Waals surface area (Å²) in [6.07, 6.45) is 2.87. The Hall–Kier alpha value is -2.18. The van der Waals surface area contributed by atoms with Gasteiger partial charge in [0.15, 0.2) is 5.43 Å². The van der Waals surface area contributed by atoms with E-state index in [4.69, 9.17) is 4.74 Å². The van der Waals surface area contributed by atoms with E-state index in [1.54, 1.807) is 24.3 Å². The molecule has 6 heteroatoms. The highest BCUT2D eigenvalue weighted by molar-refractivity contribution is 5.82. The van der Waals surface area contributed by atoms with Crippen molar-refractivity contribution in [3.63, 3.8) is 0 Å². The van der Waals surface area contributed by atoms with Gasteiger partial charge in [-0.15, -0.1) is 0 Å². The Bertz CT molecular complexity index is 817. The number of benzene rings is 1. The molecule has 1 aliphatic rings. The number of carbonyl (C=O) groups excluding carboxylic acids is 1. The molecule has 6 nitrogen and oxygen atoms in total. The number of likely N-dealkylation sites (tertiary alicyclic amines) is 1. The van der Waals surface area contributed by atoms with Gasteiger partial charge < -0.3 is 14.2 Å². The van der Waals surface area contributed by atoms with Crippen LogP contribution in [0.2, 0.25) is 0 Å². The van der Waals surface area contributed by atoms with Crippen molar-refractivity contribution in [2.24, 2.45) is 0 Å². The van der Waals surface area contributed by atoms with E-state index in [9.17, 15) is 9.59 Å². The molecule has 134 valence electrons. The van der Waals surface area contributed by atoms with Gasteiger partial charge in [0.1, 0.15) is 6.54 Å². The normalized spacial score (nSPS) is 20.9. The summed E-state index contributed by atoms with van der Waals surface area (Å²) in [5.41, 5.74) is 0.764. The van der Waals surface area contributed by atoms with Gasteiger partial charge >= 0.3 is 0 Å². The molecule has 3 rings (SSSR count). The molecule has 1 saturated heterocycles. The lowest BCUT2D eigenvalue weighted by Gasteiger charge is -2.26. The third-order valence-electron chi connectivity index (χ3n) is 5.08. The topological polar surface area (TPSA) is 54.8 Å². The maximum absolute atomic E-state index is 12.7. The van der Waals surface area contributed by atoms with Crippen LogP contribution in [0.4, 0.5) is 0 Å². The van der Waals surface area contributed by atoms with Gasteiger partial charge in [0.05, 0.1) is 11.6 Å². The Morgan fingerprint density at radius 3 is 2.80 bits per heavy atom. The summed E-state index contributed by atoms with van der Waals surface area (Å²) in [6, 6.07) is 9.21. The summed E-state index contributed by atoms with van der Waals surface area (Å²) < 4.78 is 7.27. The second-order valence-electron chi connectivity index (χ2n) is 6.79. The number of likely N-dealkylation sites (N-methyl/N-ethyl adjacent to an activating group) is 2. The number of aromatic nitrogens is 1. The number of pyridine rings is 1. The minimum atomic E-state index is -0.0224. The van der Waals surface area contributed by atoms with Crippen molar-refractivity contribution >= 4 is 16.8 Å². The van der Waals surface area contributed by atoms with Crippen LogP contribution in [-0.4, -0.2) is 66.7 Å². The molecule has 0 radical (unpaired) electrons. The lowest BCUT2D eigenvalue weighted by molar-refractivity contribution is -0.131. The highest BCUT2D eigenvalue weighted by Gasteiger charge is 2.30. The zero-order valence-corrected chi connectivity index (χ0v) is 15.0. The third kappa shape index (κ3) is 3.75. The predicted octanol–water partition coefficient (Wildman–Crippen LogP) is 1.18.